The van der Waals surface area contributed by atoms with Gasteiger partial charge in [0.1, 0.15) is 5.75 Å². The molecule has 0 radical (unpaired) electrons. The average Bonchev–Trinajstić information content (AvgIpc) is 3.37. The fourth-order valence-electron chi connectivity index (χ4n) is 4.69. The van der Waals surface area contributed by atoms with Crippen LogP contribution in [0.4, 0.5) is 0 Å². The van der Waals surface area contributed by atoms with Crippen LogP contribution in [0.5, 0.6) is 5.75 Å². The lowest BCUT2D eigenvalue weighted by Crippen LogP contribution is -2.47. The number of thiophene rings is 1. The number of nitrogens with zero attached hydrogens (tertiary/aromatic N) is 1. The Labute approximate surface area is 166 Å². The minimum Gasteiger partial charge on any atom is -0.496 e. The lowest BCUT2D eigenvalue weighted by atomic mass is 9.72. The summed E-state index contributed by atoms with van der Waals surface area (Å²) in [6.45, 7) is 2.60. The molecule has 2 aliphatic rings. The lowest BCUT2D eigenvalue weighted by molar-refractivity contribution is -0.109. The van der Waals surface area contributed by atoms with E-state index in [1.165, 1.54) is 49.1 Å². The summed E-state index contributed by atoms with van der Waals surface area (Å²) in [5, 5.41) is 5.70. The van der Waals surface area contributed by atoms with Crippen LogP contribution in [-0.4, -0.2) is 30.8 Å². The molecule has 1 saturated carbocycles. The van der Waals surface area contributed by atoms with Crippen molar-refractivity contribution in [2.75, 3.05) is 20.3 Å². The van der Waals surface area contributed by atoms with E-state index in [0.29, 0.717) is 0 Å². The van der Waals surface area contributed by atoms with Gasteiger partial charge in [0.2, 0.25) is 0 Å². The SMILES string of the molecule is COc1ccsc1CNCCC1(c2ccccn2)CCC2(CCCC2)OC1. The molecular formula is C22H30N2O2S. The molecule has 1 spiro atoms. The van der Waals surface area contributed by atoms with E-state index in [9.17, 15) is 0 Å². The summed E-state index contributed by atoms with van der Waals surface area (Å²) in [6, 6.07) is 8.32. The van der Waals surface area contributed by atoms with Crippen molar-refractivity contribution in [1.29, 1.82) is 0 Å². The number of nitrogens with one attached hydrogen (secondary N) is 1. The quantitative estimate of drug-likeness (QED) is 0.701. The molecule has 4 nitrogen and oxygen atoms in total. The Morgan fingerprint density at radius 3 is 2.78 bits per heavy atom. The fourth-order valence-corrected chi connectivity index (χ4v) is 5.50. The summed E-state index contributed by atoms with van der Waals surface area (Å²) in [6.07, 6.45) is 10.4. The molecule has 1 saturated heterocycles. The van der Waals surface area contributed by atoms with Gasteiger partial charge < -0.3 is 14.8 Å². The summed E-state index contributed by atoms with van der Waals surface area (Å²) >= 11 is 1.74. The molecule has 27 heavy (non-hydrogen) atoms. The third kappa shape index (κ3) is 4.05. The van der Waals surface area contributed by atoms with Crippen LogP contribution in [0, 0.1) is 0 Å². The summed E-state index contributed by atoms with van der Waals surface area (Å²) in [5.41, 5.74) is 1.38. The first-order valence-corrected chi connectivity index (χ1v) is 11.0. The first kappa shape index (κ1) is 18.9. The highest BCUT2D eigenvalue weighted by Crippen LogP contribution is 2.47. The van der Waals surface area contributed by atoms with Crippen LogP contribution >= 0.6 is 11.3 Å². The van der Waals surface area contributed by atoms with Gasteiger partial charge in [-0.2, -0.15) is 0 Å². The number of methoxy groups -OCH3 is 1. The van der Waals surface area contributed by atoms with Crippen LogP contribution in [-0.2, 0) is 16.7 Å². The number of aromatic nitrogens is 1. The zero-order chi connectivity index (χ0) is 18.6. The highest BCUT2D eigenvalue weighted by atomic mass is 32.1. The van der Waals surface area contributed by atoms with Crippen molar-refractivity contribution in [3.8, 4) is 5.75 Å². The number of hydrogen-bond donors (Lipinski definition) is 1. The van der Waals surface area contributed by atoms with Crippen LogP contribution in [0.25, 0.3) is 0 Å². The first-order valence-electron chi connectivity index (χ1n) is 10.1. The van der Waals surface area contributed by atoms with Gasteiger partial charge in [0.05, 0.1) is 24.2 Å². The minimum atomic E-state index is 0.0294. The number of ether oxygens (including phenoxy) is 2. The maximum absolute atomic E-state index is 6.55. The van der Waals surface area contributed by atoms with Crippen LogP contribution in [0.2, 0.25) is 0 Å². The lowest BCUT2D eigenvalue weighted by Gasteiger charge is -2.45. The number of hydrogen-bond acceptors (Lipinski definition) is 5. The van der Waals surface area contributed by atoms with Gasteiger partial charge in [0.25, 0.3) is 0 Å². The monoisotopic (exact) mass is 386 g/mol. The van der Waals surface area contributed by atoms with Gasteiger partial charge in [-0.05, 0) is 62.2 Å². The summed E-state index contributed by atoms with van der Waals surface area (Å²) in [4.78, 5) is 5.98. The van der Waals surface area contributed by atoms with Crippen molar-refractivity contribution in [3.05, 3.63) is 46.4 Å². The predicted octanol–water partition coefficient (Wildman–Crippen LogP) is 4.69. The normalized spacial score (nSPS) is 24.3. The molecule has 3 heterocycles. The Hall–Kier alpha value is -1.43. The number of pyridine rings is 1. The van der Waals surface area contributed by atoms with Gasteiger partial charge in [0, 0.05) is 23.9 Å². The van der Waals surface area contributed by atoms with E-state index < -0.39 is 0 Å². The van der Waals surface area contributed by atoms with Gasteiger partial charge >= 0.3 is 0 Å². The molecule has 5 heteroatoms. The molecule has 2 aromatic heterocycles. The maximum Gasteiger partial charge on any atom is 0.134 e. The molecular weight excluding hydrogens is 356 g/mol. The molecule has 2 aromatic rings. The van der Waals surface area contributed by atoms with E-state index in [0.717, 1.165) is 31.9 Å². The van der Waals surface area contributed by atoms with Crippen molar-refractivity contribution >= 4 is 11.3 Å². The zero-order valence-electron chi connectivity index (χ0n) is 16.2. The Balaban J connectivity index is 1.40. The van der Waals surface area contributed by atoms with E-state index in [-0.39, 0.29) is 11.0 Å². The van der Waals surface area contributed by atoms with Gasteiger partial charge in [-0.25, -0.2) is 0 Å². The molecule has 1 N–H and O–H groups in total. The van der Waals surface area contributed by atoms with E-state index in [1.807, 2.05) is 18.3 Å². The molecule has 1 atom stereocenters. The Morgan fingerprint density at radius 2 is 2.07 bits per heavy atom. The molecule has 0 bridgehead atoms. The molecule has 0 aromatic carbocycles. The van der Waals surface area contributed by atoms with Gasteiger partial charge in [-0.15, -0.1) is 11.3 Å². The molecule has 4 rings (SSSR count). The van der Waals surface area contributed by atoms with Crippen molar-refractivity contribution in [1.82, 2.24) is 10.3 Å². The van der Waals surface area contributed by atoms with E-state index >= 15 is 0 Å². The van der Waals surface area contributed by atoms with Crippen molar-refractivity contribution in [2.45, 2.75) is 62.5 Å². The van der Waals surface area contributed by atoms with Gasteiger partial charge in [-0.3, -0.25) is 4.98 Å². The van der Waals surface area contributed by atoms with Gasteiger partial charge in [-0.1, -0.05) is 18.9 Å². The second-order valence-corrected chi connectivity index (χ2v) is 9.01. The molecule has 0 amide bonds. The molecule has 1 unspecified atom stereocenters. The van der Waals surface area contributed by atoms with Crippen LogP contribution in [0.15, 0.2) is 35.8 Å². The van der Waals surface area contributed by atoms with Crippen LogP contribution in [0.3, 0.4) is 0 Å². The fraction of sp³-hybridized carbons (Fsp3) is 0.591. The minimum absolute atomic E-state index is 0.0294. The predicted molar refractivity (Wildman–Crippen MR) is 109 cm³/mol. The van der Waals surface area contributed by atoms with E-state index in [1.54, 1.807) is 18.4 Å². The first-order chi connectivity index (χ1) is 13.3. The Morgan fingerprint density at radius 1 is 1.19 bits per heavy atom. The molecule has 146 valence electrons. The molecule has 1 aliphatic heterocycles. The van der Waals surface area contributed by atoms with E-state index in [2.05, 4.69) is 22.8 Å². The zero-order valence-corrected chi connectivity index (χ0v) is 17.0. The second-order valence-electron chi connectivity index (χ2n) is 8.01. The van der Waals surface area contributed by atoms with Crippen molar-refractivity contribution in [3.63, 3.8) is 0 Å². The second kappa shape index (κ2) is 8.29. The smallest absolute Gasteiger partial charge is 0.134 e. The standard InChI is InChI=1S/C22H30N2O2S/c1-25-18-7-15-27-19(18)16-23-14-12-21(20-6-2-5-13-24-20)10-11-22(26-17-21)8-3-4-9-22/h2,5-7,13,15,23H,3-4,8-12,14,16-17H2,1H3. The van der Waals surface area contributed by atoms with Crippen LogP contribution in [0.1, 0.15) is 55.5 Å². The topological polar surface area (TPSA) is 43.4 Å². The highest BCUT2D eigenvalue weighted by molar-refractivity contribution is 7.10. The van der Waals surface area contributed by atoms with Crippen LogP contribution < -0.4 is 10.1 Å². The van der Waals surface area contributed by atoms with Gasteiger partial charge in [0.15, 0.2) is 0 Å². The van der Waals surface area contributed by atoms with Crippen molar-refractivity contribution in [2.24, 2.45) is 0 Å². The molecule has 1 aliphatic carbocycles. The maximum atomic E-state index is 6.55. The largest absolute Gasteiger partial charge is 0.496 e. The Kier molecular flexibility index (Phi) is 5.81. The Bertz CT molecular complexity index is 715. The highest BCUT2D eigenvalue weighted by Gasteiger charge is 2.46. The number of rotatable bonds is 7. The summed E-state index contributed by atoms with van der Waals surface area (Å²) < 4.78 is 12.0. The molecule has 2 fully saturated rings. The third-order valence-corrected chi connectivity index (χ3v) is 7.33. The summed E-state index contributed by atoms with van der Waals surface area (Å²) in [5.74, 6) is 0.983. The average molecular weight is 387 g/mol. The summed E-state index contributed by atoms with van der Waals surface area (Å²) in [7, 11) is 1.74. The third-order valence-electron chi connectivity index (χ3n) is 6.43. The van der Waals surface area contributed by atoms with Crippen molar-refractivity contribution < 1.29 is 9.47 Å². The van der Waals surface area contributed by atoms with E-state index in [4.69, 9.17) is 14.5 Å².